The van der Waals surface area contributed by atoms with Crippen LogP contribution in [0.1, 0.15) is 70.5 Å². The van der Waals surface area contributed by atoms with Crippen molar-refractivity contribution in [2.75, 3.05) is 0 Å². The molecular formula is C20H31N. The van der Waals surface area contributed by atoms with E-state index in [1.807, 2.05) is 0 Å². The molecule has 0 aromatic heterocycles. The summed E-state index contributed by atoms with van der Waals surface area (Å²) < 4.78 is 0. The number of fused-ring (bicyclic) bond motifs is 1. The zero-order chi connectivity index (χ0) is 15.0. The van der Waals surface area contributed by atoms with Crippen LogP contribution in [0.5, 0.6) is 0 Å². The van der Waals surface area contributed by atoms with Crippen molar-refractivity contribution >= 4 is 0 Å². The largest absolute Gasteiger partial charge is 0.306 e. The van der Waals surface area contributed by atoms with Gasteiger partial charge in [0.1, 0.15) is 0 Å². The minimum Gasteiger partial charge on any atom is -0.306 e. The highest BCUT2D eigenvalue weighted by molar-refractivity contribution is 5.34. The van der Waals surface area contributed by atoms with Gasteiger partial charge in [-0.1, -0.05) is 64.8 Å². The predicted molar refractivity (Wildman–Crippen MR) is 90.4 cm³/mol. The van der Waals surface area contributed by atoms with Gasteiger partial charge in [0.05, 0.1) is 0 Å². The molecule has 1 fully saturated rings. The van der Waals surface area contributed by atoms with E-state index in [2.05, 4.69) is 57.3 Å². The lowest BCUT2D eigenvalue weighted by molar-refractivity contribution is 0.136. The fourth-order valence-electron chi connectivity index (χ4n) is 4.41. The van der Waals surface area contributed by atoms with Gasteiger partial charge in [-0.2, -0.15) is 0 Å². The van der Waals surface area contributed by atoms with Crippen LogP contribution < -0.4 is 5.32 Å². The van der Waals surface area contributed by atoms with Gasteiger partial charge in [0.15, 0.2) is 0 Å². The quantitative estimate of drug-likeness (QED) is 0.795. The van der Waals surface area contributed by atoms with Crippen LogP contribution in [-0.2, 0) is 6.42 Å². The van der Waals surface area contributed by atoms with Crippen LogP contribution >= 0.6 is 0 Å². The van der Waals surface area contributed by atoms with E-state index >= 15 is 0 Å². The molecule has 0 heterocycles. The number of hydrogen-bond acceptors (Lipinski definition) is 1. The lowest BCUT2D eigenvalue weighted by Gasteiger charge is -2.45. The fourth-order valence-corrected chi connectivity index (χ4v) is 4.41. The Morgan fingerprint density at radius 2 is 1.86 bits per heavy atom. The molecule has 1 aromatic carbocycles. The topological polar surface area (TPSA) is 12.0 Å². The molecule has 3 rings (SSSR count). The van der Waals surface area contributed by atoms with Crippen LogP contribution in [0, 0.1) is 17.3 Å². The number of benzene rings is 1. The number of hydrogen-bond donors (Lipinski definition) is 1. The van der Waals surface area contributed by atoms with Crippen LogP contribution in [0.4, 0.5) is 0 Å². The van der Waals surface area contributed by atoms with Gasteiger partial charge in [0.2, 0.25) is 0 Å². The maximum Gasteiger partial charge on any atom is 0.0377 e. The first-order valence-electron chi connectivity index (χ1n) is 8.83. The average Bonchev–Trinajstić information content (AvgIpc) is 2.46. The Hall–Kier alpha value is -0.820. The molecule has 0 radical (unpaired) electrons. The van der Waals surface area contributed by atoms with Crippen LogP contribution in [0.2, 0.25) is 0 Å². The van der Waals surface area contributed by atoms with E-state index < -0.39 is 0 Å². The Morgan fingerprint density at radius 3 is 2.67 bits per heavy atom. The van der Waals surface area contributed by atoms with Crippen molar-refractivity contribution in [3.05, 3.63) is 35.4 Å². The molecule has 1 saturated carbocycles. The van der Waals surface area contributed by atoms with Crippen molar-refractivity contribution in [3.8, 4) is 0 Å². The molecule has 1 N–H and O–H groups in total. The second kappa shape index (κ2) is 5.76. The average molecular weight is 285 g/mol. The van der Waals surface area contributed by atoms with Crippen molar-refractivity contribution < 1.29 is 0 Å². The summed E-state index contributed by atoms with van der Waals surface area (Å²) in [7, 11) is 0. The first kappa shape index (κ1) is 15.1. The smallest absolute Gasteiger partial charge is 0.0377 e. The van der Waals surface area contributed by atoms with Crippen LogP contribution in [-0.4, -0.2) is 6.04 Å². The third-order valence-corrected chi connectivity index (χ3v) is 6.27. The molecule has 116 valence electrons. The lowest BCUT2D eigenvalue weighted by Crippen LogP contribution is -2.47. The zero-order valence-electron chi connectivity index (χ0n) is 14.2. The summed E-state index contributed by atoms with van der Waals surface area (Å²) in [5.74, 6) is 1.65. The van der Waals surface area contributed by atoms with E-state index in [9.17, 15) is 0 Å². The van der Waals surface area contributed by atoms with Gasteiger partial charge in [0, 0.05) is 12.1 Å². The van der Waals surface area contributed by atoms with Gasteiger partial charge < -0.3 is 5.32 Å². The maximum atomic E-state index is 4.08. The van der Waals surface area contributed by atoms with Crippen molar-refractivity contribution in [2.45, 2.75) is 71.9 Å². The summed E-state index contributed by atoms with van der Waals surface area (Å²) in [6.07, 6.45) is 6.67. The summed E-state index contributed by atoms with van der Waals surface area (Å²) in [5, 5.41) is 4.08. The second-order valence-corrected chi connectivity index (χ2v) is 8.16. The van der Waals surface area contributed by atoms with Crippen LogP contribution in [0.15, 0.2) is 24.3 Å². The highest BCUT2D eigenvalue weighted by atomic mass is 15.0. The molecule has 2 aliphatic rings. The van der Waals surface area contributed by atoms with Gasteiger partial charge in [-0.05, 0) is 47.6 Å². The first-order chi connectivity index (χ1) is 9.99. The van der Waals surface area contributed by atoms with Gasteiger partial charge in [-0.25, -0.2) is 0 Å². The minimum absolute atomic E-state index is 0.356. The standard InChI is InChI=1S/C20H31N/c1-14-8-7-11-18(15(14)2)21-19-17-10-6-5-9-16(17)12-13-20(19,3)4/h5-6,9-10,14-15,18-19,21H,7-8,11-13H2,1-4H3. The van der Waals surface area contributed by atoms with Gasteiger partial charge in [-0.3, -0.25) is 0 Å². The Kier molecular flexibility index (Phi) is 4.14. The number of rotatable bonds is 2. The van der Waals surface area contributed by atoms with Gasteiger partial charge >= 0.3 is 0 Å². The summed E-state index contributed by atoms with van der Waals surface area (Å²) in [4.78, 5) is 0. The molecule has 1 nitrogen and oxygen atoms in total. The predicted octanol–water partition coefficient (Wildman–Crippen LogP) is 5.11. The lowest BCUT2D eigenvalue weighted by atomic mass is 9.69. The van der Waals surface area contributed by atoms with Gasteiger partial charge in [-0.15, -0.1) is 0 Å². The maximum absolute atomic E-state index is 4.08. The Balaban J connectivity index is 1.85. The van der Waals surface area contributed by atoms with Crippen molar-refractivity contribution in [1.82, 2.24) is 5.32 Å². The van der Waals surface area contributed by atoms with E-state index in [4.69, 9.17) is 0 Å². The molecule has 0 spiro atoms. The monoisotopic (exact) mass is 285 g/mol. The van der Waals surface area contributed by atoms with Crippen molar-refractivity contribution in [2.24, 2.45) is 17.3 Å². The van der Waals surface area contributed by atoms with Crippen LogP contribution in [0.3, 0.4) is 0 Å². The molecule has 0 amide bonds. The van der Waals surface area contributed by atoms with Crippen molar-refractivity contribution in [1.29, 1.82) is 0 Å². The van der Waals surface area contributed by atoms with Gasteiger partial charge in [0.25, 0.3) is 0 Å². The molecule has 0 saturated heterocycles. The van der Waals surface area contributed by atoms with Crippen molar-refractivity contribution in [3.63, 3.8) is 0 Å². The molecule has 21 heavy (non-hydrogen) atoms. The molecule has 2 aliphatic carbocycles. The molecule has 0 bridgehead atoms. The summed E-state index contributed by atoms with van der Waals surface area (Å²) in [6.45, 7) is 9.76. The van der Waals surface area contributed by atoms with E-state index in [0.717, 1.165) is 11.8 Å². The van der Waals surface area contributed by atoms with E-state index in [1.165, 1.54) is 32.1 Å². The van der Waals surface area contributed by atoms with E-state index in [-0.39, 0.29) is 0 Å². The van der Waals surface area contributed by atoms with Crippen LogP contribution in [0.25, 0.3) is 0 Å². The highest BCUT2D eigenvalue weighted by Gasteiger charge is 2.38. The second-order valence-electron chi connectivity index (χ2n) is 8.16. The third-order valence-electron chi connectivity index (χ3n) is 6.27. The van der Waals surface area contributed by atoms with E-state index in [1.54, 1.807) is 11.1 Å². The Bertz CT molecular complexity index is 490. The minimum atomic E-state index is 0.356. The Labute approximate surface area is 130 Å². The molecule has 1 aromatic rings. The molecule has 0 aliphatic heterocycles. The Morgan fingerprint density at radius 1 is 1.10 bits per heavy atom. The normalized spacial score (nSPS) is 35.2. The summed E-state index contributed by atoms with van der Waals surface area (Å²) in [5.41, 5.74) is 3.47. The molecule has 1 heteroatoms. The third kappa shape index (κ3) is 2.90. The number of aryl methyl sites for hydroxylation is 1. The molecule has 4 atom stereocenters. The zero-order valence-corrected chi connectivity index (χ0v) is 14.2. The number of nitrogens with one attached hydrogen (secondary N) is 1. The fraction of sp³-hybridized carbons (Fsp3) is 0.700. The highest BCUT2D eigenvalue weighted by Crippen LogP contribution is 2.44. The summed E-state index contributed by atoms with van der Waals surface area (Å²) >= 11 is 0. The SMILES string of the molecule is CC1CCCC(NC2c3ccccc3CCC2(C)C)C1C. The van der Waals surface area contributed by atoms with E-state index in [0.29, 0.717) is 17.5 Å². The first-order valence-corrected chi connectivity index (χ1v) is 8.83. The molecular weight excluding hydrogens is 254 g/mol. The summed E-state index contributed by atoms with van der Waals surface area (Å²) in [6, 6.07) is 10.3. The molecule has 4 unspecified atom stereocenters.